The second-order valence-corrected chi connectivity index (χ2v) is 6.79. The molecule has 5 aromatic rings. The van der Waals surface area contributed by atoms with Crippen molar-refractivity contribution < 1.29 is 0 Å². The average molecular weight is 346 g/mol. The summed E-state index contributed by atoms with van der Waals surface area (Å²) in [5.74, 6) is 0. The Balaban J connectivity index is 1.71. The molecule has 0 aliphatic carbocycles. The van der Waals surface area contributed by atoms with Crippen LogP contribution in [0.4, 0.5) is 0 Å². The van der Waals surface area contributed by atoms with Crippen molar-refractivity contribution in [2.45, 2.75) is 6.92 Å². The molecule has 0 N–H and O–H groups in total. The van der Waals surface area contributed by atoms with E-state index in [1.807, 2.05) is 31.2 Å². The second kappa shape index (κ2) is 6.33. The van der Waals surface area contributed by atoms with Gasteiger partial charge in [0, 0.05) is 5.56 Å². The SMILES string of the molecule is Cc1nc2cc3ccc(-c4ccccc4)cc3cc2nc1-c1ccccc1. The Morgan fingerprint density at radius 2 is 1.15 bits per heavy atom. The number of fused-ring (bicyclic) bond motifs is 2. The molecule has 27 heavy (non-hydrogen) atoms. The third-order valence-corrected chi connectivity index (χ3v) is 4.95. The minimum atomic E-state index is 0.928. The summed E-state index contributed by atoms with van der Waals surface area (Å²) in [6.07, 6.45) is 0. The molecule has 0 radical (unpaired) electrons. The lowest BCUT2D eigenvalue weighted by molar-refractivity contribution is 1.19. The molecule has 0 saturated heterocycles. The first kappa shape index (κ1) is 15.7. The van der Waals surface area contributed by atoms with Crippen molar-refractivity contribution in [1.29, 1.82) is 0 Å². The van der Waals surface area contributed by atoms with Crippen LogP contribution in [-0.4, -0.2) is 9.97 Å². The molecule has 0 aliphatic rings. The molecule has 0 aliphatic heterocycles. The Morgan fingerprint density at radius 1 is 0.519 bits per heavy atom. The minimum Gasteiger partial charge on any atom is -0.249 e. The minimum absolute atomic E-state index is 0.928. The molecular weight excluding hydrogens is 328 g/mol. The van der Waals surface area contributed by atoms with Crippen LogP contribution < -0.4 is 0 Å². The third kappa shape index (κ3) is 2.85. The van der Waals surface area contributed by atoms with Gasteiger partial charge in [0.15, 0.2) is 0 Å². The van der Waals surface area contributed by atoms with E-state index in [9.17, 15) is 0 Å². The summed E-state index contributed by atoms with van der Waals surface area (Å²) in [6, 6.07) is 31.6. The van der Waals surface area contributed by atoms with Gasteiger partial charge in [-0.25, -0.2) is 9.97 Å². The maximum Gasteiger partial charge on any atom is 0.0922 e. The lowest BCUT2D eigenvalue weighted by atomic mass is 10.0. The molecule has 0 atom stereocenters. The highest BCUT2D eigenvalue weighted by Gasteiger charge is 2.09. The summed E-state index contributed by atoms with van der Waals surface area (Å²) in [7, 11) is 0. The van der Waals surface area contributed by atoms with E-state index in [1.165, 1.54) is 21.9 Å². The molecule has 128 valence electrons. The molecule has 2 nitrogen and oxygen atoms in total. The van der Waals surface area contributed by atoms with E-state index in [1.54, 1.807) is 0 Å². The van der Waals surface area contributed by atoms with Crippen molar-refractivity contribution >= 4 is 21.8 Å². The van der Waals surface area contributed by atoms with E-state index in [4.69, 9.17) is 9.97 Å². The van der Waals surface area contributed by atoms with Crippen LogP contribution in [0.2, 0.25) is 0 Å². The molecule has 0 saturated carbocycles. The maximum atomic E-state index is 4.94. The standard InChI is InChI=1S/C25H18N2/c1-17-25(19-10-6-3-7-11-19)27-24-16-22-14-20(18-8-4-2-5-9-18)12-13-21(22)15-23(24)26-17/h2-16H,1H3. The van der Waals surface area contributed by atoms with Crippen LogP contribution in [0.5, 0.6) is 0 Å². The van der Waals surface area contributed by atoms with Crippen molar-refractivity contribution in [2.75, 3.05) is 0 Å². The summed E-state index contributed by atoms with van der Waals surface area (Å²) < 4.78 is 0. The summed E-state index contributed by atoms with van der Waals surface area (Å²) in [5.41, 5.74) is 7.30. The number of benzene rings is 4. The first-order chi connectivity index (χ1) is 13.3. The van der Waals surface area contributed by atoms with Crippen molar-refractivity contribution in [3.05, 3.63) is 96.7 Å². The maximum absolute atomic E-state index is 4.94. The Bertz CT molecular complexity index is 1260. The Labute approximate surface area is 158 Å². The van der Waals surface area contributed by atoms with Crippen molar-refractivity contribution in [1.82, 2.24) is 9.97 Å². The topological polar surface area (TPSA) is 25.8 Å². The molecule has 0 fully saturated rings. The van der Waals surface area contributed by atoms with Gasteiger partial charge >= 0.3 is 0 Å². The van der Waals surface area contributed by atoms with Crippen LogP contribution in [-0.2, 0) is 0 Å². The lowest BCUT2D eigenvalue weighted by Crippen LogP contribution is -1.94. The predicted octanol–water partition coefficient (Wildman–Crippen LogP) is 6.43. The Hall–Kier alpha value is -3.52. The summed E-state index contributed by atoms with van der Waals surface area (Å²) >= 11 is 0. The van der Waals surface area contributed by atoms with Crippen molar-refractivity contribution in [3.63, 3.8) is 0 Å². The van der Waals surface area contributed by atoms with Crippen LogP contribution in [0, 0.1) is 6.92 Å². The van der Waals surface area contributed by atoms with E-state index in [2.05, 4.69) is 66.7 Å². The molecule has 0 amide bonds. The van der Waals surface area contributed by atoms with Crippen LogP contribution in [0.3, 0.4) is 0 Å². The number of aryl methyl sites for hydroxylation is 1. The first-order valence-corrected chi connectivity index (χ1v) is 9.11. The molecule has 1 aromatic heterocycles. The summed E-state index contributed by atoms with van der Waals surface area (Å²) in [6.45, 7) is 2.03. The highest BCUT2D eigenvalue weighted by molar-refractivity contribution is 5.97. The van der Waals surface area contributed by atoms with Gasteiger partial charge in [0.05, 0.1) is 22.4 Å². The normalized spacial score (nSPS) is 11.1. The molecule has 0 bridgehead atoms. The van der Waals surface area contributed by atoms with Gasteiger partial charge in [-0.2, -0.15) is 0 Å². The van der Waals surface area contributed by atoms with E-state index in [0.29, 0.717) is 0 Å². The van der Waals surface area contributed by atoms with Crippen LogP contribution >= 0.6 is 0 Å². The molecule has 2 heteroatoms. The number of nitrogens with zero attached hydrogens (tertiary/aromatic N) is 2. The number of aromatic nitrogens is 2. The fourth-order valence-electron chi connectivity index (χ4n) is 3.57. The fraction of sp³-hybridized carbons (Fsp3) is 0.0400. The number of hydrogen-bond donors (Lipinski definition) is 0. The van der Waals surface area contributed by atoms with Gasteiger partial charge in [0.2, 0.25) is 0 Å². The fourth-order valence-corrected chi connectivity index (χ4v) is 3.57. The van der Waals surface area contributed by atoms with Gasteiger partial charge in [-0.3, -0.25) is 0 Å². The van der Waals surface area contributed by atoms with Gasteiger partial charge in [-0.15, -0.1) is 0 Å². The van der Waals surface area contributed by atoms with E-state index < -0.39 is 0 Å². The zero-order valence-electron chi connectivity index (χ0n) is 15.1. The Kier molecular flexibility index (Phi) is 3.68. The molecule has 1 heterocycles. The smallest absolute Gasteiger partial charge is 0.0922 e. The molecular formula is C25H18N2. The van der Waals surface area contributed by atoms with Gasteiger partial charge < -0.3 is 0 Å². The molecule has 4 aromatic carbocycles. The van der Waals surface area contributed by atoms with E-state index in [0.717, 1.165) is 28.0 Å². The third-order valence-electron chi connectivity index (χ3n) is 4.95. The number of rotatable bonds is 2. The van der Waals surface area contributed by atoms with Crippen LogP contribution in [0.1, 0.15) is 5.69 Å². The quantitative estimate of drug-likeness (QED) is 0.344. The van der Waals surface area contributed by atoms with Gasteiger partial charge in [-0.1, -0.05) is 72.8 Å². The predicted molar refractivity (Wildman–Crippen MR) is 113 cm³/mol. The molecule has 0 spiro atoms. The second-order valence-electron chi connectivity index (χ2n) is 6.79. The van der Waals surface area contributed by atoms with Crippen molar-refractivity contribution in [2.24, 2.45) is 0 Å². The van der Waals surface area contributed by atoms with Gasteiger partial charge in [0.1, 0.15) is 0 Å². The summed E-state index contributed by atoms with van der Waals surface area (Å²) in [5, 5.41) is 2.37. The van der Waals surface area contributed by atoms with Gasteiger partial charge in [-0.05, 0) is 47.0 Å². The van der Waals surface area contributed by atoms with E-state index in [-0.39, 0.29) is 0 Å². The largest absolute Gasteiger partial charge is 0.249 e. The van der Waals surface area contributed by atoms with Crippen molar-refractivity contribution in [3.8, 4) is 22.4 Å². The van der Waals surface area contributed by atoms with Crippen LogP contribution in [0.25, 0.3) is 44.2 Å². The summed E-state index contributed by atoms with van der Waals surface area (Å²) in [4.78, 5) is 9.76. The molecule has 0 unspecified atom stereocenters. The zero-order chi connectivity index (χ0) is 18.2. The Morgan fingerprint density at radius 3 is 1.89 bits per heavy atom. The average Bonchev–Trinajstić information content (AvgIpc) is 2.73. The van der Waals surface area contributed by atoms with E-state index >= 15 is 0 Å². The highest BCUT2D eigenvalue weighted by atomic mass is 14.8. The number of hydrogen-bond acceptors (Lipinski definition) is 2. The first-order valence-electron chi connectivity index (χ1n) is 9.11. The molecule has 5 rings (SSSR count). The lowest BCUT2D eigenvalue weighted by Gasteiger charge is -2.09. The zero-order valence-corrected chi connectivity index (χ0v) is 15.1. The monoisotopic (exact) mass is 346 g/mol. The van der Waals surface area contributed by atoms with Crippen LogP contribution in [0.15, 0.2) is 91.0 Å². The highest BCUT2D eigenvalue weighted by Crippen LogP contribution is 2.29. The van der Waals surface area contributed by atoms with Gasteiger partial charge in [0.25, 0.3) is 0 Å².